The lowest BCUT2D eigenvalue weighted by atomic mass is 10.1. The summed E-state index contributed by atoms with van der Waals surface area (Å²) in [5, 5.41) is 3.39. The summed E-state index contributed by atoms with van der Waals surface area (Å²) in [5.41, 5.74) is 0. The van der Waals surface area contributed by atoms with Crippen molar-refractivity contribution >= 4 is 0 Å². The first-order valence-electron chi connectivity index (χ1n) is 6.08. The van der Waals surface area contributed by atoms with Crippen molar-refractivity contribution in [3.8, 4) is 0 Å². The van der Waals surface area contributed by atoms with Gasteiger partial charge in [0.25, 0.3) is 0 Å². The third kappa shape index (κ3) is 2.96. The van der Waals surface area contributed by atoms with Gasteiger partial charge in [-0.3, -0.25) is 0 Å². The summed E-state index contributed by atoms with van der Waals surface area (Å²) in [6.45, 7) is 4.63. The van der Waals surface area contributed by atoms with E-state index in [1.54, 1.807) is 0 Å². The van der Waals surface area contributed by atoms with E-state index in [1.807, 2.05) is 0 Å². The highest BCUT2D eigenvalue weighted by atomic mass is 15.2. The van der Waals surface area contributed by atoms with E-state index < -0.39 is 0 Å². The minimum Gasteiger partial charge on any atom is -0.317 e. The highest BCUT2D eigenvalue weighted by Crippen LogP contribution is 2.25. The van der Waals surface area contributed by atoms with Crippen molar-refractivity contribution in [1.29, 1.82) is 0 Å². The second kappa shape index (κ2) is 5.72. The first-order chi connectivity index (χ1) is 6.69. The van der Waals surface area contributed by atoms with Crippen molar-refractivity contribution in [2.45, 2.75) is 64.1 Å². The van der Waals surface area contributed by atoms with Gasteiger partial charge in [-0.05, 0) is 46.7 Å². The molecule has 0 amide bonds. The third-order valence-corrected chi connectivity index (χ3v) is 3.79. The number of hydrogen-bond acceptors (Lipinski definition) is 2. The molecule has 0 aromatic heterocycles. The van der Waals surface area contributed by atoms with Crippen LogP contribution in [-0.2, 0) is 0 Å². The zero-order valence-electron chi connectivity index (χ0n) is 10.2. The molecule has 0 aromatic rings. The normalized spacial score (nSPS) is 29.8. The molecule has 84 valence electrons. The van der Waals surface area contributed by atoms with E-state index in [0.717, 1.165) is 18.1 Å². The van der Waals surface area contributed by atoms with Gasteiger partial charge in [-0.15, -0.1) is 0 Å². The maximum Gasteiger partial charge on any atom is 0.0110 e. The Morgan fingerprint density at radius 2 is 2.14 bits per heavy atom. The van der Waals surface area contributed by atoms with Crippen molar-refractivity contribution in [3.05, 3.63) is 0 Å². The van der Waals surface area contributed by atoms with Gasteiger partial charge in [-0.25, -0.2) is 0 Å². The van der Waals surface area contributed by atoms with Crippen LogP contribution >= 0.6 is 0 Å². The summed E-state index contributed by atoms with van der Waals surface area (Å²) < 4.78 is 0. The number of nitrogens with one attached hydrogen (secondary N) is 1. The average molecular weight is 198 g/mol. The molecule has 0 saturated heterocycles. The lowest BCUT2D eigenvalue weighted by Gasteiger charge is -2.30. The molecule has 2 heteroatoms. The Kier molecular flexibility index (Phi) is 4.90. The maximum absolute atomic E-state index is 3.39. The first-order valence-corrected chi connectivity index (χ1v) is 6.08. The van der Waals surface area contributed by atoms with Crippen molar-refractivity contribution < 1.29 is 0 Å². The highest BCUT2D eigenvalue weighted by molar-refractivity contribution is 4.86. The molecule has 3 atom stereocenters. The predicted molar refractivity (Wildman–Crippen MR) is 62.6 cm³/mol. The van der Waals surface area contributed by atoms with Gasteiger partial charge in [0.15, 0.2) is 0 Å². The summed E-state index contributed by atoms with van der Waals surface area (Å²) in [5.74, 6) is 0. The lowest BCUT2D eigenvalue weighted by molar-refractivity contribution is 0.175. The zero-order valence-corrected chi connectivity index (χ0v) is 10.2. The van der Waals surface area contributed by atoms with Gasteiger partial charge in [0.05, 0.1) is 0 Å². The lowest BCUT2D eigenvalue weighted by Crippen LogP contribution is -2.38. The number of rotatable bonds is 5. The quantitative estimate of drug-likeness (QED) is 0.729. The smallest absolute Gasteiger partial charge is 0.0110 e. The Morgan fingerprint density at radius 3 is 2.64 bits per heavy atom. The molecule has 1 N–H and O–H groups in total. The molecule has 1 aliphatic carbocycles. The van der Waals surface area contributed by atoms with Crippen LogP contribution in [0.4, 0.5) is 0 Å². The molecule has 0 radical (unpaired) electrons. The summed E-state index contributed by atoms with van der Waals surface area (Å²) in [4.78, 5) is 2.58. The van der Waals surface area contributed by atoms with Gasteiger partial charge in [0.1, 0.15) is 0 Å². The predicted octanol–water partition coefficient (Wildman–Crippen LogP) is 2.25. The van der Waals surface area contributed by atoms with Crippen molar-refractivity contribution in [1.82, 2.24) is 10.2 Å². The van der Waals surface area contributed by atoms with E-state index in [-0.39, 0.29) is 0 Å². The Bertz CT molecular complexity index is 158. The van der Waals surface area contributed by atoms with E-state index in [2.05, 4.69) is 38.2 Å². The molecule has 0 heterocycles. The van der Waals surface area contributed by atoms with E-state index in [1.165, 1.54) is 32.1 Å². The van der Waals surface area contributed by atoms with Crippen LogP contribution in [0.1, 0.15) is 46.0 Å². The van der Waals surface area contributed by atoms with Crippen LogP contribution in [0.25, 0.3) is 0 Å². The molecular formula is C12H26N2. The summed E-state index contributed by atoms with van der Waals surface area (Å²) in [7, 11) is 4.38. The topological polar surface area (TPSA) is 15.3 Å². The standard InChI is InChI=1S/C12H26N2/c1-5-6-10(2)14(4)12-8-7-11(9-12)13-3/h10-13H,5-9H2,1-4H3. The number of nitrogens with zero attached hydrogens (tertiary/aromatic N) is 1. The minimum atomic E-state index is 0.751. The first kappa shape index (κ1) is 12.0. The van der Waals surface area contributed by atoms with Crippen LogP contribution < -0.4 is 5.32 Å². The highest BCUT2D eigenvalue weighted by Gasteiger charge is 2.28. The molecule has 1 rings (SSSR count). The van der Waals surface area contributed by atoms with Gasteiger partial charge in [-0.2, -0.15) is 0 Å². The molecule has 1 aliphatic rings. The summed E-state index contributed by atoms with van der Waals surface area (Å²) >= 11 is 0. The monoisotopic (exact) mass is 198 g/mol. The molecule has 1 fully saturated rings. The molecule has 0 aliphatic heterocycles. The second-order valence-electron chi connectivity index (χ2n) is 4.76. The van der Waals surface area contributed by atoms with Crippen LogP contribution in [0, 0.1) is 0 Å². The SMILES string of the molecule is CCCC(C)N(C)C1CCC(NC)C1. The van der Waals surface area contributed by atoms with Crippen molar-refractivity contribution in [2.24, 2.45) is 0 Å². The van der Waals surface area contributed by atoms with Crippen molar-refractivity contribution in [3.63, 3.8) is 0 Å². The second-order valence-corrected chi connectivity index (χ2v) is 4.76. The largest absolute Gasteiger partial charge is 0.317 e. The molecule has 0 aromatic carbocycles. The fraction of sp³-hybridized carbons (Fsp3) is 1.00. The van der Waals surface area contributed by atoms with Crippen molar-refractivity contribution in [2.75, 3.05) is 14.1 Å². The number of hydrogen-bond donors (Lipinski definition) is 1. The third-order valence-electron chi connectivity index (χ3n) is 3.79. The van der Waals surface area contributed by atoms with Gasteiger partial charge in [-0.1, -0.05) is 13.3 Å². The molecule has 2 nitrogen and oxygen atoms in total. The van der Waals surface area contributed by atoms with E-state index in [0.29, 0.717) is 0 Å². The van der Waals surface area contributed by atoms with Crippen LogP contribution in [0.15, 0.2) is 0 Å². The van der Waals surface area contributed by atoms with Gasteiger partial charge >= 0.3 is 0 Å². The Balaban J connectivity index is 2.34. The molecule has 0 spiro atoms. The Labute approximate surface area is 89.1 Å². The summed E-state index contributed by atoms with van der Waals surface area (Å²) in [6.07, 6.45) is 6.69. The average Bonchev–Trinajstić information content (AvgIpc) is 2.65. The van der Waals surface area contributed by atoms with Crippen LogP contribution in [0.2, 0.25) is 0 Å². The molecule has 14 heavy (non-hydrogen) atoms. The van der Waals surface area contributed by atoms with Crippen LogP contribution in [-0.4, -0.2) is 37.1 Å². The van der Waals surface area contributed by atoms with Crippen LogP contribution in [0.5, 0.6) is 0 Å². The maximum atomic E-state index is 3.39. The van der Waals surface area contributed by atoms with Gasteiger partial charge in [0, 0.05) is 18.1 Å². The Hall–Kier alpha value is -0.0800. The van der Waals surface area contributed by atoms with E-state index in [4.69, 9.17) is 0 Å². The molecular weight excluding hydrogens is 172 g/mol. The fourth-order valence-electron chi connectivity index (χ4n) is 2.57. The molecule has 1 saturated carbocycles. The zero-order chi connectivity index (χ0) is 10.6. The Morgan fingerprint density at radius 1 is 1.43 bits per heavy atom. The summed E-state index contributed by atoms with van der Waals surface area (Å²) in [6, 6.07) is 2.32. The van der Waals surface area contributed by atoms with E-state index >= 15 is 0 Å². The van der Waals surface area contributed by atoms with Gasteiger partial charge < -0.3 is 10.2 Å². The van der Waals surface area contributed by atoms with Gasteiger partial charge in [0.2, 0.25) is 0 Å². The fourth-order valence-corrected chi connectivity index (χ4v) is 2.57. The minimum absolute atomic E-state index is 0.751. The molecule has 0 bridgehead atoms. The van der Waals surface area contributed by atoms with E-state index in [9.17, 15) is 0 Å². The van der Waals surface area contributed by atoms with Crippen LogP contribution in [0.3, 0.4) is 0 Å². The molecule has 3 unspecified atom stereocenters.